The Morgan fingerprint density at radius 1 is 1.32 bits per heavy atom. The van der Waals surface area contributed by atoms with Gasteiger partial charge < -0.3 is 19.3 Å². The highest BCUT2D eigenvalue weighted by atomic mass is 32.2. The molecule has 37 heavy (non-hydrogen) atoms. The standard InChI is InChI=1S/C25H32F3O7PS/c1-13-8-15-16-9-18(27)14-6-4-5-7-22(14,2)25(16,28)19(35-36(33)34)10-23(15,3)24(13,21(32)37-12-26)17(11-29)20(30)31/h5-7,11,13,15-19,36H,4,8-10,12H2,1-3H3,(H,30,31)(H,33,34)/t13-,15+,16+,17?,18+,19+,22+,23+,24+,25+/m1/s1. The van der Waals surface area contributed by atoms with Crippen LogP contribution in [-0.2, 0) is 23.5 Å². The van der Waals surface area contributed by atoms with Gasteiger partial charge in [0.2, 0.25) is 0 Å². The van der Waals surface area contributed by atoms with E-state index in [0.717, 1.165) is 0 Å². The van der Waals surface area contributed by atoms with Crippen LogP contribution in [0.1, 0.15) is 46.5 Å². The number of aliphatic carboxylic acids is 1. The molecule has 0 heterocycles. The van der Waals surface area contributed by atoms with Crippen LogP contribution in [-0.4, -0.2) is 51.3 Å². The van der Waals surface area contributed by atoms with Gasteiger partial charge >= 0.3 is 14.2 Å². The lowest BCUT2D eigenvalue weighted by Gasteiger charge is -2.64. The van der Waals surface area contributed by atoms with E-state index in [0.29, 0.717) is 6.42 Å². The van der Waals surface area contributed by atoms with Crippen molar-refractivity contribution in [3.63, 3.8) is 0 Å². The summed E-state index contributed by atoms with van der Waals surface area (Å²) in [6.07, 6.45) is 1.69. The van der Waals surface area contributed by atoms with Gasteiger partial charge in [0.05, 0.1) is 5.41 Å². The van der Waals surface area contributed by atoms with Gasteiger partial charge in [0.15, 0.2) is 10.8 Å². The van der Waals surface area contributed by atoms with Crippen molar-refractivity contribution in [1.82, 2.24) is 0 Å². The van der Waals surface area contributed by atoms with Gasteiger partial charge in [0.1, 0.15) is 30.5 Å². The molecular weight excluding hydrogens is 532 g/mol. The number of halogens is 3. The van der Waals surface area contributed by atoms with Crippen molar-refractivity contribution < 1.29 is 46.6 Å². The van der Waals surface area contributed by atoms with E-state index in [-0.39, 0.29) is 42.9 Å². The van der Waals surface area contributed by atoms with E-state index in [1.807, 2.05) is 0 Å². The summed E-state index contributed by atoms with van der Waals surface area (Å²) in [5, 5.41) is 9.16. The predicted molar refractivity (Wildman–Crippen MR) is 131 cm³/mol. The molecule has 0 aromatic rings. The maximum Gasteiger partial charge on any atom is 0.316 e. The number of fused-ring (bicyclic) bond motifs is 5. The van der Waals surface area contributed by atoms with Gasteiger partial charge in [0.25, 0.3) is 0 Å². The van der Waals surface area contributed by atoms with Gasteiger partial charge in [-0.25, -0.2) is 13.2 Å². The number of rotatable bonds is 7. The summed E-state index contributed by atoms with van der Waals surface area (Å²) in [7, 11) is -3.74. The first-order valence-corrected chi connectivity index (χ1v) is 14.5. The lowest BCUT2D eigenvalue weighted by molar-refractivity contribution is -0.209. The second-order valence-electron chi connectivity index (χ2n) is 11.2. The largest absolute Gasteiger partial charge is 0.481 e. The Hall–Kier alpha value is -1.42. The molecule has 3 saturated carbocycles. The van der Waals surface area contributed by atoms with E-state index in [1.165, 1.54) is 6.92 Å². The number of allylic oxidation sites excluding steroid dienone is 4. The normalized spacial score (nSPS) is 46.1. The maximum absolute atomic E-state index is 17.8. The fraction of sp³-hybridized carbons (Fsp3) is 0.720. The van der Waals surface area contributed by atoms with Crippen molar-refractivity contribution in [2.45, 2.75) is 64.4 Å². The first-order chi connectivity index (χ1) is 17.3. The number of carbonyl (C=O) groups is 3. The van der Waals surface area contributed by atoms with Crippen molar-refractivity contribution >= 4 is 37.4 Å². The second kappa shape index (κ2) is 9.65. The minimum absolute atomic E-state index is 0.0929. The number of carbonyl (C=O) groups excluding carboxylic acids is 2. The monoisotopic (exact) mass is 564 g/mol. The Balaban J connectivity index is 1.99. The van der Waals surface area contributed by atoms with Crippen LogP contribution < -0.4 is 0 Å². The molecule has 0 saturated heterocycles. The second-order valence-corrected chi connectivity index (χ2v) is 12.8. The molecule has 11 atom stereocenters. The molecule has 0 spiro atoms. The lowest BCUT2D eigenvalue weighted by Crippen LogP contribution is -2.70. The minimum atomic E-state index is -3.74. The first kappa shape index (κ1) is 28.6. The molecule has 0 amide bonds. The van der Waals surface area contributed by atoms with Gasteiger partial charge in [-0.2, -0.15) is 0 Å². The zero-order valence-electron chi connectivity index (χ0n) is 20.8. The van der Waals surface area contributed by atoms with Crippen molar-refractivity contribution in [3.05, 3.63) is 23.8 Å². The minimum Gasteiger partial charge on any atom is -0.481 e. The average Bonchev–Trinajstić information content (AvgIpc) is 3.03. The fourth-order valence-electron chi connectivity index (χ4n) is 8.71. The van der Waals surface area contributed by atoms with Crippen molar-refractivity contribution in [2.75, 3.05) is 6.01 Å². The number of carboxylic acid groups (broad SMARTS) is 1. The smallest absolute Gasteiger partial charge is 0.316 e. The van der Waals surface area contributed by atoms with Crippen LogP contribution in [0.3, 0.4) is 0 Å². The molecule has 0 radical (unpaired) electrons. The van der Waals surface area contributed by atoms with Crippen LogP contribution in [0.4, 0.5) is 13.2 Å². The number of thioether (sulfide) groups is 1. The zero-order chi connectivity index (χ0) is 27.6. The number of hydrogen-bond donors (Lipinski definition) is 2. The summed E-state index contributed by atoms with van der Waals surface area (Å²) in [6, 6.07) is -1.16. The molecule has 2 N–H and O–H groups in total. The van der Waals surface area contributed by atoms with E-state index < -0.39 is 83.2 Å². The molecule has 4 rings (SSSR count). The van der Waals surface area contributed by atoms with Crippen LogP contribution in [0.2, 0.25) is 0 Å². The summed E-state index contributed by atoms with van der Waals surface area (Å²) in [6.45, 7) is 4.65. The maximum atomic E-state index is 17.8. The van der Waals surface area contributed by atoms with Crippen molar-refractivity contribution in [1.29, 1.82) is 0 Å². The first-order valence-electron chi connectivity index (χ1n) is 12.3. The SMILES string of the molecule is C[C@@H]1C[C@H]2[C@@H]3C[C@H](F)C4=CCC=C[C@]4(C)[C@@]3(F)[C@@H](O[PH](=O)O)C[C@]2(C)[C@]1(C(=O)SCF)C(C=O)C(=O)O. The Morgan fingerprint density at radius 3 is 2.57 bits per heavy atom. The molecule has 2 unspecified atom stereocenters. The summed E-state index contributed by atoms with van der Waals surface area (Å²) in [5.74, 6) is -6.19. The number of carboxylic acids is 1. The highest BCUT2D eigenvalue weighted by Crippen LogP contribution is 2.75. The van der Waals surface area contributed by atoms with Crippen LogP contribution in [0, 0.1) is 39.9 Å². The lowest BCUT2D eigenvalue weighted by atomic mass is 9.42. The molecule has 3 fully saturated rings. The quantitative estimate of drug-likeness (QED) is 0.195. The molecule has 0 aromatic carbocycles. The molecule has 0 bridgehead atoms. The van der Waals surface area contributed by atoms with Gasteiger partial charge in [0, 0.05) is 11.3 Å². The van der Waals surface area contributed by atoms with Gasteiger partial charge in [-0.15, -0.1) is 0 Å². The van der Waals surface area contributed by atoms with Crippen LogP contribution in [0.5, 0.6) is 0 Å². The fourth-order valence-corrected chi connectivity index (χ4v) is 10.1. The Labute approximate surface area is 218 Å². The number of hydrogen-bond acceptors (Lipinski definition) is 6. The van der Waals surface area contributed by atoms with Crippen molar-refractivity contribution in [3.8, 4) is 0 Å². The summed E-state index contributed by atoms with van der Waals surface area (Å²) >= 11 is 0.247. The number of alkyl halides is 3. The molecule has 4 aliphatic carbocycles. The third-order valence-electron chi connectivity index (χ3n) is 10.0. The molecule has 12 heteroatoms. The zero-order valence-corrected chi connectivity index (χ0v) is 22.6. The molecule has 7 nitrogen and oxygen atoms in total. The summed E-state index contributed by atoms with van der Waals surface area (Å²) in [5.41, 5.74) is -7.10. The van der Waals surface area contributed by atoms with Crippen molar-refractivity contribution in [2.24, 2.45) is 39.9 Å². The van der Waals surface area contributed by atoms with E-state index in [1.54, 1.807) is 32.1 Å². The van der Waals surface area contributed by atoms with E-state index >= 15 is 8.78 Å². The number of aldehydes is 1. The third kappa shape index (κ3) is 3.63. The van der Waals surface area contributed by atoms with Gasteiger partial charge in [-0.1, -0.05) is 43.8 Å². The summed E-state index contributed by atoms with van der Waals surface area (Å²) in [4.78, 5) is 47.9. The van der Waals surface area contributed by atoms with Crippen LogP contribution >= 0.6 is 20.0 Å². The summed E-state index contributed by atoms with van der Waals surface area (Å²) < 4.78 is 64.3. The molecule has 0 aliphatic heterocycles. The van der Waals surface area contributed by atoms with E-state index in [9.17, 15) is 33.3 Å². The third-order valence-corrected chi connectivity index (χ3v) is 11.2. The van der Waals surface area contributed by atoms with Crippen LogP contribution in [0.25, 0.3) is 0 Å². The molecular formula is C25H32F3O7PS. The average molecular weight is 565 g/mol. The predicted octanol–water partition coefficient (Wildman–Crippen LogP) is 4.85. The molecule has 4 aliphatic rings. The van der Waals surface area contributed by atoms with E-state index in [4.69, 9.17) is 4.52 Å². The Morgan fingerprint density at radius 2 is 2.00 bits per heavy atom. The highest BCUT2D eigenvalue weighted by Gasteiger charge is 2.79. The molecule has 0 aromatic heterocycles. The topological polar surface area (TPSA) is 118 Å². The Kier molecular flexibility index (Phi) is 7.45. The van der Waals surface area contributed by atoms with E-state index in [2.05, 4.69) is 0 Å². The van der Waals surface area contributed by atoms with Gasteiger partial charge in [-0.05, 0) is 55.4 Å². The van der Waals surface area contributed by atoms with Crippen LogP contribution in [0.15, 0.2) is 23.8 Å². The van der Waals surface area contributed by atoms with Gasteiger partial charge in [-0.3, -0.25) is 14.2 Å². The molecule has 206 valence electrons. The highest BCUT2D eigenvalue weighted by molar-refractivity contribution is 8.13. The Bertz CT molecular complexity index is 1090.